The summed E-state index contributed by atoms with van der Waals surface area (Å²) < 4.78 is 5.26. The highest BCUT2D eigenvalue weighted by Gasteiger charge is 2.21. The molecule has 2 aromatic rings. The Morgan fingerprint density at radius 2 is 1.52 bits per heavy atom. The molecule has 0 aromatic heterocycles. The Morgan fingerprint density at radius 3 is 2.00 bits per heavy atom. The van der Waals surface area contributed by atoms with E-state index in [-0.39, 0.29) is 11.8 Å². The van der Waals surface area contributed by atoms with E-state index in [4.69, 9.17) is 4.74 Å². The fourth-order valence-corrected chi connectivity index (χ4v) is 2.28. The SMILES string of the molecule is CCOCCNC(=O)C(c1ccccc1)c1ccccc1. The molecule has 0 saturated carbocycles. The maximum Gasteiger partial charge on any atom is 0.232 e. The smallest absolute Gasteiger partial charge is 0.232 e. The van der Waals surface area contributed by atoms with Crippen LogP contribution in [-0.4, -0.2) is 25.7 Å². The van der Waals surface area contributed by atoms with Crippen molar-refractivity contribution in [2.24, 2.45) is 0 Å². The van der Waals surface area contributed by atoms with Gasteiger partial charge >= 0.3 is 0 Å². The van der Waals surface area contributed by atoms with E-state index in [0.717, 1.165) is 11.1 Å². The molecule has 21 heavy (non-hydrogen) atoms. The lowest BCUT2D eigenvalue weighted by Gasteiger charge is -2.17. The van der Waals surface area contributed by atoms with Crippen molar-refractivity contribution in [3.63, 3.8) is 0 Å². The number of rotatable bonds is 7. The van der Waals surface area contributed by atoms with E-state index in [0.29, 0.717) is 19.8 Å². The van der Waals surface area contributed by atoms with Gasteiger partial charge in [-0.3, -0.25) is 4.79 Å². The molecule has 0 bridgehead atoms. The third-order valence-electron chi connectivity index (χ3n) is 3.28. The second-order valence-electron chi connectivity index (χ2n) is 4.74. The number of amides is 1. The predicted molar refractivity (Wildman–Crippen MR) is 84.2 cm³/mol. The zero-order chi connectivity index (χ0) is 14.9. The number of hydrogen-bond donors (Lipinski definition) is 1. The van der Waals surface area contributed by atoms with Gasteiger partial charge in [0, 0.05) is 13.2 Å². The van der Waals surface area contributed by atoms with Gasteiger partial charge < -0.3 is 10.1 Å². The third-order valence-corrected chi connectivity index (χ3v) is 3.28. The molecule has 0 fully saturated rings. The van der Waals surface area contributed by atoms with E-state index < -0.39 is 0 Å². The van der Waals surface area contributed by atoms with Crippen LogP contribution >= 0.6 is 0 Å². The maximum absolute atomic E-state index is 12.5. The average Bonchev–Trinajstić information content (AvgIpc) is 2.54. The summed E-state index contributed by atoms with van der Waals surface area (Å²) in [6.07, 6.45) is 0. The van der Waals surface area contributed by atoms with Crippen molar-refractivity contribution in [3.05, 3.63) is 71.8 Å². The minimum absolute atomic E-state index is 0.00658. The molecular formula is C18H21NO2. The Morgan fingerprint density at radius 1 is 1.00 bits per heavy atom. The van der Waals surface area contributed by atoms with Crippen LogP contribution in [0.5, 0.6) is 0 Å². The Bertz CT molecular complexity index is 500. The fraction of sp³-hybridized carbons (Fsp3) is 0.278. The summed E-state index contributed by atoms with van der Waals surface area (Å²) in [6, 6.07) is 19.7. The van der Waals surface area contributed by atoms with E-state index in [1.807, 2.05) is 67.6 Å². The third kappa shape index (κ3) is 4.43. The first-order valence-electron chi connectivity index (χ1n) is 7.28. The summed E-state index contributed by atoms with van der Waals surface area (Å²) in [4.78, 5) is 12.5. The normalized spacial score (nSPS) is 10.6. The van der Waals surface area contributed by atoms with Gasteiger partial charge in [-0.25, -0.2) is 0 Å². The first-order valence-corrected chi connectivity index (χ1v) is 7.28. The van der Waals surface area contributed by atoms with Crippen LogP contribution in [0.2, 0.25) is 0 Å². The van der Waals surface area contributed by atoms with Crippen molar-refractivity contribution in [2.45, 2.75) is 12.8 Å². The molecule has 0 spiro atoms. The lowest BCUT2D eigenvalue weighted by Crippen LogP contribution is -2.32. The van der Waals surface area contributed by atoms with Gasteiger partial charge in [0.15, 0.2) is 0 Å². The van der Waals surface area contributed by atoms with Crippen LogP contribution in [0.1, 0.15) is 24.0 Å². The number of benzene rings is 2. The van der Waals surface area contributed by atoms with Gasteiger partial charge in [0.25, 0.3) is 0 Å². The molecule has 0 saturated heterocycles. The number of carbonyl (C=O) groups is 1. The molecule has 0 aliphatic rings. The van der Waals surface area contributed by atoms with Gasteiger partial charge in [-0.15, -0.1) is 0 Å². The Hall–Kier alpha value is -2.13. The fourth-order valence-electron chi connectivity index (χ4n) is 2.28. The minimum atomic E-state index is -0.283. The Balaban J connectivity index is 2.15. The van der Waals surface area contributed by atoms with Crippen molar-refractivity contribution < 1.29 is 9.53 Å². The van der Waals surface area contributed by atoms with Gasteiger partial charge in [-0.05, 0) is 18.1 Å². The highest BCUT2D eigenvalue weighted by atomic mass is 16.5. The van der Waals surface area contributed by atoms with Gasteiger partial charge in [0.1, 0.15) is 0 Å². The molecule has 1 amide bonds. The van der Waals surface area contributed by atoms with Crippen LogP contribution in [0.3, 0.4) is 0 Å². The number of hydrogen-bond acceptors (Lipinski definition) is 2. The number of carbonyl (C=O) groups excluding carboxylic acids is 1. The zero-order valence-corrected chi connectivity index (χ0v) is 12.3. The van der Waals surface area contributed by atoms with Crippen molar-refractivity contribution in [3.8, 4) is 0 Å². The monoisotopic (exact) mass is 283 g/mol. The Kier molecular flexibility index (Phi) is 5.98. The molecule has 0 radical (unpaired) electrons. The molecule has 1 N–H and O–H groups in total. The summed E-state index contributed by atoms with van der Waals surface area (Å²) in [5, 5.41) is 2.95. The van der Waals surface area contributed by atoms with Crippen LogP contribution in [0.15, 0.2) is 60.7 Å². The lowest BCUT2D eigenvalue weighted by molar-refractivity contribution is -0.121. The molecule has 3 heteroatoms. The van der Waals surface area contributed by atoms with Gasteiger partial charge in [-0.1, -0.05) is 60.7 Å². The van der Waals surface area contributed by atoms with Crippen LogP contribution in [0.25, 0.3) is 0 Å². The van der Waals surface area contributed by atoms with Crippen LogP contribution in [-0.2, 0) is 9.53 Å². The first-order chi connectivity index (χ1) is 10.3. The molecular weight excluding hydrogens is 262 g/mol. The summed E-state index contributed by atoms with van der Waals surface area (Å²) >= 11 is 0. The molecule has 0 aliphatic heterocycles. The maximum atomic E-state index is 12.5. The van der Waals surface area contributed by atoms with E-state index in [2.05, 4.69) is 5.32 Å². The van der Waals surface area contributed by atoms with E-state index >= 15 is 0 Å². The molecule has 2 rings (SSSR count). The predicted octanol–water partition coefficient (Wildman–Crippen LogP) is 2.97. The van der Waals surface area contributed by atoms with Crippen LogP contribution < -0.4 is 5.32 Å². The second-order valence-corrected chi connectivity index (χ2v) is 4.74. The lowest BCUT2D eigenvalue weighted by atomic mass is 9.90. The van der Waals surface area contributed by atoms with E-state index in [1.165, 1.54) is 0 Å². The largest absolute Gasteiger partial charge is 0.380 e. The van der Waals surface area contributed by atoms with Crippen LogP contribution in [0.4, 0.5) is 0 Å². The van der Waals surface area contributed by atoms with E-state index in [1.54, 1.807) is 0 Å². The topological polar surface area (TPSA) is 38.3 Å². The van der Waals surface area contributed by atoms with Crippen molar-refractivity contribution in [1.29, 1.82) is 0 Å². The second kappa shape index (κ2) is 8.22. The molecule has 0 unspecified atom stereocenters. The summed E-state index contributed by atoms with van der Waals surface area (Å²) in [7, 11) is 0. The minimum Gasteiger partial charge on any atom is -0.380 e. The zero-order valence-electron chi connectivity index (χ0n) is 12.3. The standard InChI is InChI=1S/C18H21NO2/c1-2-21-14-13-19-18(20)17(15-9-5-3-6-10-15)16-11-7-4-8-12-16/h3-12,17H,2,13-14H2,1H3,(H,19,20). The Labute approximate surface area is 126 Å². The summed E-state index contributed by atoms with van der Waals surface area (Å²) in [5.74, 6) is -0.277. The summed E-state index contributed by atoms with van der Waals surface area (Å²) in [5.41, 5.74) is 2.00. The number of ether oxygens (including phenoxy) is 1. The molecule has 2 aromatic carbocycles. The van der Waals surface area contributed by atoms with Crippen molar-refractivity contribution >= 4 is 5.91 Å². The van der Waals surface area contributed by atoms with Gasteiger partial charge in [0.2, 0.25) is 5.91 Å². The van der Waals surface area contributed by atoms with Crippen molar-refractivity contribution in [2.75, 3.05) is 19.8 Å². The highest BCUT2D eigenvalue weighted by Crippen LogP contribution is 2.24. The highest BCUT2D eigenvalue weighted by molar-refractivity contribution is 5.87. The first kappa shape index (κ1) is 15.3. The van der Waals surface area contributed by atoms with Crippen LogP contribution in [0, 0.1) is 0 Å². The molecule has 3 nitrogen and oxygen atoms in total. The van der Waals surface area contributed by atoms with Gasteiger partial charge in [0.05, 0.1) is 12.5 Å². The quantitative estimate of drug-likeness (QED) is 0.793. The molecule has 0 heterocycles. The molecule has 0 aliphatic carbocycles. The summed E-state index contributed by atoms with van der Waals surface area (Å²) in [6.45, 7) is 3.68. The number of nitrogens with one attached hydrogen (secondary N) is 1. The van der Waals surface area contributed by atoms with E-state index in [9.17, 15) is 4.79 Å². The average molecular weight is 283 g/mol. The molecule has 0 atom stereocenters. The molecule has 110 valence electrons. The van der Waals surface area contributed by atoms with Crippen molar-refractivity contribution in [1.82, 2.24) is 5.32 Å². The van der Waals surface area contributed by atoms with Gasteiger partial charge in [-0.2, -0.15) is 0 Å².